The lowest BCUT2D eigenvalue weighted by molar-refractivity contribution is 0.509. The average molecular weight is 233 g/mol. The van der Waals surface area contributed by atoms with E-state index in [9.17, 15) is 13.6 Å². The van der Waals surface area contributed by atoms with Crippen LogP contribution in [0.4, 0.5) is 8.78 Å². The highest BCUT2D eigenvalue weighted by Crippen LogP contribution is 2.16. The molecular weight excluding hydrogens is 228 g/mol. The predicted molar refractivity (Wildman–Crippen MR) is 54.9 cm³/mol. The fourth-order valence-corrected chi connectivity index (χ4v) is 1.26. The standard InChI is InChI=1S/C11H5F2N3O/c12-8-2-1-6(3-9(8)13)10-15-5-7(4-14)11(17)16-10/h1-3,5H,(H,15,16,17). The number of nitrogens with one attached hydrogen (secondary N) is 1. The van der Waals surface area contributed by atoms with E-state index < -0.39 is 17.2 Å². The van der Waals surface area contributed by atoms with Crippen LogP contribution >= 0.6 is 0 Å². The number of rotatable bonds is 1. The first kappa shape index (κ1) is 11.0. The molecule has 2 aromatic rings. The van der Waals surface area contributed by atoms with Gasteiger partial charge in [-0.2, -0.15) is 5.26 Å². The Hall–Kier alpha value is -2.55. The van der Waals surface area contributed by atoms with Gasteiger partial charge in [0.05, 0.1) is 6.20 Å². The van der Waals surface area contributed by atoms with E-state index in [2.05, 4.69) is 9.97 Å². The van der Waals surface area contributed by atoms with E-state index in [0.29, 0.717) is 0 Å². The molecule has 0 atom stereocenters. The van der Waals surface area contributed by atoms with E-state index in [-0.39, 0.29) is 17.0 Å². The molecule has 0 bridgehead atoms. The molecule has 1 heterocycles. The molecule has 1 N–H and O–H groups in total. The van der Waals surface area contributed by atoms with Crippen LogP contribution < -0.4 is 5.56 Å². The maximum absolute atomic E-state index is 13.0. The molecule has 0 spiro atoms. The van der Waals surface area contributed by atoms with Crippen LogP contribution in [-0.2, 0) is 0 Å². The Morgan fingerprint density at radius 2 is 2.06 bits per heavy atom. The zero-order chi connectivity index (χ0) is 12.4. The van der Waals surface area contributed by atoms with Crippen molar-refractivity contribution in [3.63, 3.8) is 0 Å². The van der Waals surface area contributed by atoms with Crippen LogP contribution in [0, 0.1) is 23.0 Å². The highest BCUT2D eigenvalue weighted by molar-refractivity contribution is 5.54. The first-order valence-corrected chi connectivity index (χ1v) is 4.56. The normalized spacial score (nSPS) is 9.94. The Morgan fingerprint density at radius 1 is 1.29 bits per heavy atom. The maximum Gasteiger partial charge on any atom is 0.269 e. The molecule has 0 radical (unpaired) electrons. The molecule has 1 aromatic carbocycles. The van der Waals surface area contributed by atoms with Crippen molar-refractivity contribution in [1.29, 1.82) is 5.26 Å². The number of halogens is 2. The van der Waals surface area contributed by atoms with Crippen molar-refractivity contribution in [3.8, 4) is 17.5 Å². The smallest absolute Gasteiger partial charge is 0.269 e. The summed E-state index contributed by atoms with van der Waals surface area (Å²) in [7, 11) is 0. The van der Waals surface area contributed by atoms with Crippen molar-refractivity contribution in [2.45, 2.75) is 0 Å². The minimum Gasteiger partial charge on any atom is -0.305 e. The third kappa shape index (κ3) is 2.03. The molecule has 4 nitrogen and oxygen atoms in total. The van der Waals surface area contributed by atoms with Crippen molar-refractivity contribution < 1.29 is 8.78 Å². The van der Waals surface area contributed by atoms with Crippen LogP contribution in [0.2, 0.25) is 0 Å². The van der Waals surface area contributed by atoms with Gasteiger partial charge in [0.25, 0.3) is 5.56 Å². The highest BCUT2D eigenvalue weighted by Gasteiger charge is 2.07. The van der Waals surface area contributed by atoms with Gasteiger partial charge in [-0.25, -0.2) is 13.8 Å². The van der Waals surface area contributed by atoms with Gasteiger partial charge < -0.3 is 4.98 Å². The van der Waals surface area contributed by atoms with E-state index in [1.54, 1.807) is 6.07 Å². The summed E-state index contributed by atoms with van der Waals surface area (Å²) in [6, 6.07) is 4.78. The summed E-state index contributed by atoms with van der Waals surface area (Å²) in [5.74, 6) is -1.94. The SMILES string of the molecule is N#Cc1cnc(-c2ccc(F)c(F)c2)[nH]c1=O. The van der Waals surface area contributed by atoms with Gasteiger partial charge in [0.15, 0.2) is 11.6 Å². The molecule has 6 heteroatoms. The number of hydrogen-bond acceptors (Lipinski definition) is 3. The molecule has 0 aliphatic carbocycles. The summed E-state index contributed by atoms with van der Waals surface area (Å²) < 4.78 is 25.7. The zero-order valence-corrected chi connectivity index (χ0v) is 8.37. The van der Waals surface area contributed by atoms with Crippen molar-refractivity contribution in [2.24, 2.45) is 0 Å². The second kappa shape index (κ2) is 4.14. The predicted octanol–water partition coefficient (Wildman–Crippen LogP) is 1.59. The number of benzene rings is 1. The molecule has 0 unspecified atom stereocenters. The summed E-state index contributed by atoms with van der Waals surface area (Å²) in [6.07, 6.45) is 1.08. The Labute approximate surface area is 94.2 Å². The monoisotopic (exact) mass is 233 g/mol. The van der Waals surface area contributed by atoms with Gasteiger partial charge in [-0.15, -0.1) is 0 Å². The second-order valence-corrected chi connectivity index (χ2v) is 3.22. The molecule has 17 heavy (non-hydrogen) atoms. The van der Waals surface area contributed by atoms with Crippen LogP contribution in [0.5, 0.6) is 0 Å². The Morgan fingerprint density at radius 3 is 2.65 bits per heavy atom. The maximum atomic E-state index is 13.0. The lowest BCUT2D eigenvalue weighted by atomic mass is 10.2. The van der Waals surface area contributed by atoms with Crippen LogP contribution in [0.3, 0.4) is 0 Å². The van der Waals surface area contributed by atoms with Crippen LogP contribution in [0.25, 0.3) is 11.4 Å². The van der Waals surface area contributed by atoms with Gasteiger partial charge in [-0.1, -0.05) is 0 Å². The Bertz CT molecular complexity index is 673. The lowest BCUT2D eigenvalue weighted by Gasteiger charge is -2.01. The number of hydrogen-bond donors (Lipinski definition) is 1. The summed E-state index contributed by atoms with van der Waals surface area (Å²) in [5.41, 5.74) is -0.538. The number of nitriles is 1. The lowest BCUT2D eigenvalue weighted by Crippen LogP contribution is -2.12. The second-order valence-electron chi connectivity index (χ2n) is 3.22. The minimum atomic E-state index is -1.03. The third-order valence-corrected chi connectivity index (χ3v) is 2.11. The van der Waals surface area contributed by atoms with E-state index >= 15 is 0 Å². The molecule has 0 saturated heterocycles. The van der Waals surface area contributed by atoms with E-state index in [4.69, 9.17) is 5.26 Å². The van der Waals surface area contributed by atoms with Crippen molar-refractivity contribution >= 4 is 0 Å². The molecule has 1 aromatic heterocycles. The molecule has 0 amide bonds. The molecule has 0 aliphatic rings. The molecule has 0 fully saturated rings. The fourth-order valence-electron chi connectivity index (χ4n) is 1.26. The quantitative estimate of drug-likeness (QED) is 0.813. The van der Waals surface area contributed by atoms with Gasteiger partial charge in [0.1, 0.15) is 17.5 Å². The molecular formula is C11H5F2N3O. The van der Waals surface area contributed by atoms with Crippen LogP contribution in [0.1, 0.15) is 5.56 Å². The van der Waals surface area contributed by atoms with Gasteiger partial charge in [-0.3, -0.25) is 4.79 Å². The summed E-state index contributed by atoms with van der Waals surface area (Å²) >= 11 is 0. The number of nitrogens with zero attached hydrogens (tertiary/aromatic N) is 2. The number of aromatic nitrogens is 2. The molecule has 0 aliphatic heterocycles. The molecule has 2 rings (SSSR count). The third-order valence-electron chi connectivity index (χ3n) is 2.11. The van der Waals surface area contributed by atoms with Gasteiger partial charge >= 0.3 is 0 Å². The summed E-state index contributed by atoms with van der Waals surface area (Å²) in [6.45, 7) is 0. The van der Waals surface area contributed by atoms with Crippen LogP contribution in [0.15, 0.2) is 29.2 Å². The summed E-state index contributed by atoms with van der Waals surface area (Å²) in [4.78, 5) is 17.4. The molecule has 84 valence electrons. The van der Waals surface area contributed by atoms with Gasteiger partial charge in [-0.05, 0) is 18.2 Å². The Kier molecular flexibility index (Phi) is 2.66. The zero-order valence-electron chi connectivity index (χ0n) is 8.37. The molecule has 0 saturated carbocycles. The highest BCUT2D eigenvalue weighted by atomic mass is 19.2. The largest absolute Gasteiger partial charge is 0.305 e. The van der Waals surface area contributed by atoms with E-state index in [0.717, 1.165) is 18.3 Å². The van der Waals surface area contributed by atoms with Gasteiger partial charge in [0, 0.05) is 5.56 Å². The van der Waals surface area contributed by atoms with Gasteiger partial charge in [0.2, 0.25) is 0 Å². The van der Waals surface area contributed by atoms with Crippen molar-refractivity contribution in [3.05, 3.63) is 51.9 Å². The van der Waals surface area contributed by atoms with Crippen LogP contribution in [-0.4, -0.2) is 9.97 Å². The first-order chi connectivity index (χ1) is 8.11. The first-order valence-electron chi connectivity index (χ1n) is 4.56. The van der Waals surface area contributed by atoms with E-state index in [1.165, 1.54) is 6.07 Å². The fraction of sp³-hybridized carbons (Fsp3) is 0. The summed E-state index contributed by atoms with van der Waals surface area (Å²) in [5, 5.41) is 8.54. The minimum absolute atomic E-state index is 0.0768. The number of H-pyrrole nitrogens is 1. The topological polar surface area (TPSA) is 69.5 Å². The van der Waals surface area contributed by atoms with Crippen molar-refractivity contribution in [2.75, 3.05) is 0 Å². The number of aromatic amines is 1. The Balaban J connectivity index is 2.54. The average Bonchev–Trinajstić information content (AvgIpc) is 2.32. The van der Waals surface area contributed by atoms with Crippen molar-refractivity contribution in [1.82, 2.24) is 9.97 Å². The van der Waals surface area contributed by atoms with E-state index in [1.807, 2.05) is 0 Å².